The number of rotatable bonds is 10. The van der Waals surface area contributed by atoms with Gasteiger partial charge in [0.2, 0.25) is 11.9 Å². The number of amides is 2. The van der Waals surface area contributed by atoms with E-state index in [2.05, 4.69) is 41.2 Å². The number of aromatic nitrogens is 4. The largest absolute Gasteiger partial charge is 0.391 e. The smallest absolute Gasteiger partial charge is 0.254 e. The zero-order valence-corrected chi connectivity index (χ0v) is 29.3. The molecule has 0 saturated heterocycles. The van der Waals surface area contributed by atoms with Crippen molar-refractivity contribution in [3.8, 4) is 0 Å². The van der Waals surface area contributed by atoms with Crippen LogP contribution in [0.5, 0.6) is 0 Å². The molecule has 2 fully saturated rings. The summed E-state index contributed by atoms with van der Waals surface area (Å²) in [4.78, 5) is 40.5. The van der Waals surface area contributed by atoms with Crippen LogP contribution in [0.15, 0.2) is 60.9 Å². The molecule has 2 aliphatic rings. The number of hydrogen-bond acceptors (Lipinski definition) is 14. The summed E-state index contributed by atoms with van der Waals surface area (Å²) in [5, 5.41) is 32.6. The molecule has 53 heavy (non-hydrogen) atoms. The monoisotopic (exact) mass is 728 g/mol. The van der Waals surface area contributed by atoms with Gasteiger partial charge in [-0.3, -0.25) is 9.59 Å². The van der Waals surface area contributed by atoms with Gasteiger partial charge >= 0.3 is 0 Å². The summed E-state index contributed by atoms with van der Waals surface area (Å²) < 4.78 is 0. The third kappa shape index (κ3) is 10.8. The summed E-state index contributed by atoms with van der Waals surface area (Å²) in [6.45, 7) is 3.95. The molecule has 2 saturated carbocycles. The second-order valence-corrected chi connectivity index (χ2v) is 13.3. The molecule has 2 amide bonds. The summed E-state index contributed by atoms with van der Waals surface area (Å²) in [6.07, 6.45) is 6.43. The van der Waals surface area contributed by atoms with E-state index in [-0.39, 0.29) is 42.6 Å². The van der Waals surface area contributed by atoms with Gasteiger partial charge in [-0.25, -0.2) is 9.97 Å². The van der Waals surface area contributed by atoms with Crippen LogP contribution in [0.3, 0.4) is 0 Å². The van der Waals surface area contributed by atoms with Gasteiger partial charge in [0, 0.05) is 35.9 Å². The first-order chi connectivity index (χ1) is 24.9. The van der Waals surface area contributed by atoms with E-state index in [1.807, 2.05) is 62.4 Å². The number of benzene rings is 2. The Balaban J connectivity index is 0.000000232. The van der Waals surface area contributed by atoms with Crippen molar-refractivity contribution >= 4 is 46.7 Å². The van der Waals surface area contributed by atoms with Gasteiger partial charge in [0.15, 0.2) is 0 Å². The molecule has 16 nitrogen and oxygen atoms in total. The van der Waals surface area contributed by atoms with E-state index in [9.17, 15) is 19.8 Å². The lowest BCUT2D eigenvalue weighted by molar-refractivity contribution is 0.0991. The van der Waals surface area contributed by atoms with Crippen LogP contribution in [0.2, 0.25) is 0 Å². The number of aryl methyl sites for hydroxylation is 2. The van der Waals surface area contributed by atoms with Gasteiger partial charge in [-0.15, -0.1) is 0 Å². The van der Waals surface area contributed by atoms with Crippen molar-refractivity contribution in [1.29, 1.82) is 0 Å². The van der Waals surface area contributed by atoms with Crippen molar-refractivity contribution in [2.75, 3.05) is 21.3 Å². The molecule has 4 aromatic rings. The van der Waals surface area contributed by atoms with Crippen molar-refractivity contribution in [1.82, 2.24) is 19.9 Å². The van der Waals surface area contributed by atoms with Crippen LogP contribution in [-0.4, -0.2) is 78.3 Å². The lowest BCUT2D eigenvalue weighted by Crippen LogP contribution is -2.51. The third-order valence-electron chi connectivity index (χ3n) is 9.12. The fourth-order valence-electron chi connectivity index (χ4n) is 6.27. The number of anilines is 6. The van der Waals surface area contributed by atoms with Crippen LogP contribution in [0, 0.1) is 13.8 Å². The average molecular weight is 729 g/mol. The standard InChI is InChI=1S/2C18H24N6O2.CH4/c1-10-4-2-5-11(8-10)22-17-12(16(20)26)9-21-18(24-17)23-13-6-3-7-14(25)15(13)19;1-10-4-2-5-11(8-10)22-17-12(16(20)26)9-21-18(24-17)23-15-13(19)6-3-7-14(15)25;/h2*2,4-5,8-9,13-15,25H,3,6-7,19H2,1H3,(H2,20,26)(H2,21,22,23,24);1H4/t2*13-,14+,15-;/m10./s1. The third-order valence-corrected chi connectivity index (χ3v) is 9.12. The van der Waals surface area contributed by atoms with Crippen LogP contribution >= 0.6 is 0 Å². The van der Waals surface area contributed by atoms with Crippen molar-refractivity contribution in [3.63, 3.8) is 0 Å². The molecule has 6 atom stereocenters. The SMILES string of the molecule is C.Cc1cccc(Nc2nc(N[C@@H]3CCC[C@H](O)[C@@H]3N)ncc2C(N)=O)c1.Cc1cccc(Nc2nc(N[C@@H]3[C@H](O)CCC[C@@H]3N)ncc2C(N)=O)c1. The predicted octanol–water partition coefficient (Wildman–Crippen LogP) is 3.20. The number of primary amides is 2. The molecule has 2 aromatic carbocycles. The van der Waals surface area contributed by atoms with Gasteiger partial charge in [0.05, 0.1) is 24.3 Å². The minimum atomic E-state index is -0.624. The maximum absolute atomic E-state index is 11.7. The lowest BCUT2D eigenvalue weighted by atomic mass is 9.88. The molecule has 0 radical (unpaired) electrons. The van der Waals surface area contributed by atoms with Crippen LogP contribution in [0.4, 0.5) is 34.9 Å². The van der Waals surface area contributed by atoms with Crippen LogP contribution < -0.4 is 44.2 Å². The van der Waals surface area contributed by atoms with Gasteiger partial charge in [0.25, 0.3) is 11.8 Å². The molecular formula is C37H52N12O4. The summed E-state index contributed by atoms with van der Waals surface area (Å²) in [6, 6.07) is 14.3. The number of carbonyl (C=O) groups is 2. The van der Waals surface area contributed by atoms with Crippen LogP contribution in [0.1, 0.15) is 77.8 Å². The number of hydrogen-bond donors (Lipinski definition) is 10. The second kappa shape index (κ2) is 18.4. The number of nitrogens with two attached hydrogens (primary N) is 4. The second-order valence-electron chi connectivity index (χ2n) is 13.3. The highest BCUT2D eigenvalue weighted by Crippen LogP contribution is 2.25. The minimum Gasteiger partial charge on any atom is -0.391 e. The quantitative estimate of drug-likeness (QED) is 0.112. The van der Waals surface area contributed by atoms with Crippen molar-refractivity contribution in [2.45, 2.75) is 96.2 Å². The predicted molar refractivity (Wildman–Crippen MR) is 207 cm³/mol. The maximum Gasteiger partial charge on any atom is 0.254 e. The van der Waals surface area contributed by atoms with E-state index in [4.69, 9.17) is 22.9 Å². The Morgan fingerprint density at radius 1 is 0.717 bits per heavy atom. The molecule has 2 aliphatic carbocycles. The van der Waals surface area contributed by atoms with Crippen LogP contribution in [0.25, 0.3) is 0 Å². The summed E-state index contributed by atoms with van der Waals surface area (Å²) >= 11 is 0. The highest BCUT2D eigenvalue weighted by Gasteiger charge is 2.31. The Bertz CT molecular complexity index is 1850. The van der Waals surface area contributed by atoms with Gasteiger partial charge in [0.1, 0.15) is 22.8 Å². The Morgan fingerprint density at radius 2 is 1.21 bits per heavy atom. The first-order valence-corrected chi connectivity index (χ1v) is 17.3. The van der Waals surface area contributed by atoms with Crippen molar-refractivity contribution < 1.29 is 19.8 Å². The number of carbonyl (C=O) groups excluding carboxylic acids is 2. The van der Waals surface area contributed by atoms with E-state index >= 15 is 0 Å². The molecule has 6 rings (SSSR count). The van der Waals surface area contributed by atoms with Crippen LogP contribution in [-0.2, 0) is 0 Å². The zero-order valence-electron chi connectivity index (χ0n) is 29.3. The number of aliphatic hydroxyl groups excluding tert-OH is 2. The molecule has 2 heterocycles. The minimum absolute atomic E-state index is 0. The fourth-order valence-corrected chi connectivity index (χ4v) is 6.27. The lowest BCUT2D eigenvalue weighted by Gasteiger charge is -2.33. The Morgan fingerprint density at radius 3 is 1.70 bits per heavy atom. The first-order valence-electron chi connectivity index (χ1n) is 17.3. The van der Waals surface area contributed by atoms with Gasteiger partial charge in [-0.2, -0.15) is 9.97 Å². The Hall–Kier alpha value is -5.42. The average Bonchev–Trinajstić information content (AvgIpc) is 3.09. The summed E-state index contributed by atoms with van der Waals surface area (Å²) in [5.74, 6) is 0.00820. The molecule has 0 unspecified atom stereocenters. The molecule has 0 spiro atoms. The maximum atomic E-state index is 11.7. The normalized spacial score (nSPS) is 22.2. The molecule has 0 aliphatic heterocycles. The number of nitrogens with one attached hydrogen (secondary N) is 4. The molecule has 284 valence electrons. The van der Waals surface area contributed by atoms with E-state index in [1.54, 1.807) is 0 Å². The van der Waals surface area contributed by atoms with E-state index in [0.29, 0.717) is 30.4 Å². The van der Waals surface area contributed by atoms with E-state index < -0.39 is 30.1 Å². The molecule has 2 aromatic heterocycles. The zero-order chi connectivity index (χ0) is 37.4. The molecule has 16 heteroatoms. The highest BCUT2D eigenvalue weighted by molar-refractivity contribution is 5.98. The van der Waals surface area contributed by atoms with E-state index in [1.165, 1.54) is 12.4 Å². The van der Waals surface area contributed by atoms with E-state index in [0.717, 1.165) is 48.2 Å². The summed E-state index contributed by atoms with van der Waals surface area (Å²) in [5.41, 5.74) is 27.2. The van der Waals surface area contributed by atoms with Gasteiger partial charge in [-0.1, -0.05) is 31.7 Å². The van der Waals surface area contributed by atoms with Gasteiger partial charge in [-0.05, 0) is 87.8 Å². The first kappa shape index (κ1) is 40.4. The Kier molecular flexibility index (Phi) is 14.0. The molecule has 14 N–H and O–H groups in total. The number of nitrogens with zero attached hydrogens (tertiary/aromatic N) is 4. The summed E-state index contributed by atoms with van der Waals surface area (Å²) in [7, 11) is 0. The Labute approximate surface area is 309 Å². The highest BCUT2D eigenvalue weighted by atomic mass is 16.3. The molecular weight excluding hydrogens is 676 g/mol. The number of aliphatic hydroxyl groups is 2. The molecule has 0 bridgehead atoms. The topological polar surface area (TPSA) is 278 Å². The van der Waals surface area contributed by atoms with Crippen molar-refractivity contribution in [2.24, 2.45) is 22.9 Å². The fraction of sp³-hybridized carbons (Fsp3) is 0.405. The van der Waals surface area contributed by atoms with Gasteiger partial charge < -0.3 is 54.4 Å². The van der Waals surface area contributed by atoms with Crippen molar-refractivity contribution in [3.05, 3.63) is 83.2 Å².